The quantitative estimate of drug-likeness (QED) is 0.661. The van der Waals surface area contributed by atoms with Crippen molar-refractivity contribution in [2.24, 2.45) is 0 Å². The summed E-state index contributed by atoms with van der Waals surface area (Å²) < 4.78 is 13.3. The summed E-state index contributed by atoms with van der Waals surface area (Å²) in [4.78, 5) is 0.217. The molecule has 0 aliphatic carbocycles. The average molecular weight is 321 g/mol. The van der Waals surface area contributed by atoms with E-state index in [9.17, 15) is 4.39 Å². The minimum absolute atomic E-state index is 0.144. The first-order valence-electron chi connectivity index (χ1n) is 6.43. The Labute approximate surface area is 122 Å². The zero-order chi connectivity index (χ0) is 14.0. The second-order valence-corrected chi connectivity index (χ2v) is 6.20. The van der Waals surface area contributed by atoms with Gasteiger partial charge in [-0.1, -0.05) is 46.3 Å². The maximum Gasteiger partial charge on any atom is 0.126 e. The fourth-order valence-electron chi connectivity index (χ4n) is 2.12. The van der Waals surface area contributed by atoms with E-state index < -0.39 is 0 Å². The minimum Gasteiger partial charge on any atom is -0.207 e. The van der Waals surface area contributed by atoms with Crippen molar-refractivity contribution >= 4 is 15.9 Å². The van der Waals surface area contributed by atoms with Crippen LogP contribution in [0.15, 0.2) is 36.4 Å². The lowest BCUT2D eigenvalue weighted by Gasteiger charge is -2.12. The molecule has 2 aromatic carbocycles. The maximum atomic E-state index is 13.3. The van der Waals surface area contributed by atoms with Crippen molar-refractivity contribution in [2.75, 3.05) is 0 Å². The summed E-state index contributed by atoms with van der Waals surface area (Å²) in [5.41, 5.74) is 5.74. The summed E-state index contributed by atoms with van der Waals surface area (Å²) in [6.45, 7) is 6.05. The number of halogens is 2. The first kappa shape index (κ1) is 14.3. The number of hydrogen-bond acceptors (Lipinski definition) is 0. The Bertz CT molecular complexity index is 590. The summed E-state index contributed by atoms with van der Waals surface area (Å²) in [5.74, 6) is -0.144. The first-order chi connectivity index (χ1) is 8.97. The highest BCUT2D eigenvalue weighted by molar-refractivity contribution is 9.09. The van der Waals surface area contributed by atoms with Gasteiger partial charge in [0.2, 0.25) is 0 Å². The highest BCUT2D eigenvalue weighted by atomic mass is 79.9. The molecule has 2 heteroatoms. The first-order valence-corrected chi connectivity index (χ1v) is 7.35. The molecule has 0 N–H and O–H groups in total. The van der Waals surface area contributed by atoms with Gasteiger partial charge in [-0.15, -0.1) is 0 Å². The smallest absolute Gasteiger partial charge is 0.126 e. The normalized spacial score (nSPS) is 12.5. The van der Waals surface area contributed by atoms with Crippen LogP contribution in [0, 0.1) is 26.6 Å². The Hall–Kier alpha value is -1.15. The molecule has 0 saturated heterocycles. The van der Waals surface area contributed by atoms with E-state index in [4.69, 9.17) is 0 Å². The standard InChI is InChI=1S/C17H18BrF/c1-11-4-5-14(8-12(11)2)10-16(18)15-6-7-17(19)13(3)9-15/h4-9,16H,10H2,1-3H3. The van der Waals surface area contributed by atoms with E-state index in [2.05, 4.69) is 48.0 Å². The monoisotopic (exact) mass is 320 g/mol. The lowest BCUT2D eigenvalue weighted by atomic mass is 9.99. The summed E-state index contributed by atoms with van der Waals surface area (Å²) in [7, 11) is 0. The lowest BCUT2D eigenvalue weighted by Crippen LogP contribution is -1.98. The van der Waals surface area contributed by atoms with Crippen LogP contribution >= 0.6 is 15.9 Å². The third-order valence-corrected chi connectivity index (χ3v) is 4.38. The van der Waals surface area contributed by atoms with E-state index >= 15 is 0 Å². The van der Waals surface area contributed by atoms with Crippen molar-refractivity contribution in [1.29, 1.82) is 0 Å². The maximum absolute atomic E-state index is 13.3. The summed E-state index contributed by atoms with van der Waals surface area (Å²) in [6, 6.07) is 11.8. The number of aryl methyl sites for hydroxylation is 3. The van der Waals surface area contributed by atoms with E-state index in [0.29, 0.717) is 5.56 Å². The highest BCUT2D eigenvalue weighted by Gasteiger charge is 2.10. The molecule has 0 aliphatic rings. The van der Waals surface area contributed by atoms with E-state index in [1.165, 1.54) is 16.7 Å². The summed E-state index contributed by atoms with van der Waals surface area (Å²) in [5, 5.41) is 0. The molecule has 0 saturated carbocycles. The molecule has 0 amide bonds. The van der Waals surface area contributed by atoms with Crippen molar-refractivity contribution in [3.8, 4) is 0 Å². The summed E-state index contributed by atoms with van der Waals surface area (Å²) in [6.07, 6.45) is 0.909. The molecule has 1 unspecified atom stereocenters. The van der Waals surface area contributed by atoms with Gasteiger partial charge in [0.15, 0.2) is 0 Å². The zero-order valence-electron chi connectivity index (χ0n) is 11.5. The second-order valence-electron chi connectivity index (χ2n) is 5.10. The van der Waals surface area contributed by atoms with Gasteiger partial charge in [0.25, 0.3) is 0 Å². The Balaban J connectivity index is 2.17. The molecular formula is C17H18BrF. The SMILES string of the molecule is Cc1ccc(CC(Br)c2ccc(F)c(C)c2)cc1C. The average Bonchev–Trinajstić information content (AvgIpc) is 2.37. The van der Waals surface area contributed by atoms with Gasteiger partial charge in [-0.2, -0.15) is 0 Å². The molecule has 0 bridgehead atoms. The molecular weight excluding hydrogens is 303 g/mol. The van der Waals surface area contributed by atoms with Crippen molar-refractivity contribution < 1.29 is 4.39 Å². The van der Waals surface area contributed by atoms with Crippen LogP contribution in [0.3, 0.4) is 0 Å². The van der Waals surface area contributed by atoms with Crippen LogP contribution in [0.4, 0.5) is 4.39 Å². The third kappa shape index (κ3) is 3.44. The van der Waals surface area contributed by atoms with Gasteiger partial charge in [-0.25, -0.2) is 4.39 Å². The molecule has 1 atom stereocenters. The predicted molar refractivity (Wildman–Crippen MR) is 82.4 cm³/mol. The fourth-order valence-corrected chi connectivity index (χ4v) is 2.78. The van der Waals surface area contributed by atoms with Gasteiger partial charge >= 0.3 is 0 Å². The number of rotatable bonds is 3. The van der Waals surface area contributed by atoms with Crippen LogP contribution in [0.2, 0.25) is 0 Å². The molecule has 100 valence electrons. The highest BCUT2D eigenvalue weighted by Crippen LogP contribution is 2.28. The van der Waals surface area contributed by atoms with Crippen LogP contribution in [0.5, 0.6) is 0 Å². The van der Waals surface area contributed by atoms with Crippen LogP contribution in [0.25, 0.3) is 0 Å². The molecule has 0 spiro atoms. The summed E-state index contributed by atoms with van der Waals surface area (Å²) >= 11 is 3.70. The minimum atomic E-state index is -0.144. The Morgan fingerprint density at radius 3 is 2.32 bits per heavy atom. The van der Waals surface area contributed by atoms with Crippen LogP contribution < -0.4 is 0 Å². The van der Waals surface area contributed by atoms with Crippen molar-refractivity contribution in [3.05, 3.63) is 70.0 Å². The van der Waals surface area contributed by atoms with Crippen LogP contribution in [-0.2, 0) is 6.42 Å². The van der Waals surface area contributed by atoms with E-state index in [1.54, 1.807) is 13.0 Å². The van der Waals surface area contributed by atoms with Gasteiger partial charge < -0.3 is 0 Å². The van der Waals surface area contributed by atoms with E-state index in [0.717, 1.165) is 12.0 Å². The van der Waals surface area contributed by atoms with Gasteiger partial charge in [0, 0.05) is 4.83 Å². The second kappa shape index (κ2) is 5.87. The zero-order valence-corrected chi connectivity index (χ0v) is 13.1. The molecule has 19 heavy (non-hydrogen) atoms. The predicted octanol–water partition coefficient (Wildman–Crippen LogP) is 5.43. The van der Waals surface area contributed by atoms with Gasteiger partial charge in [-0.3, -0.25) is 0 Å². The molecule has 2 rings (SSSR count). The largest absolute Gasteiger partial charge is 0.207 e. The number of benzene rings is 2. The number of hydrogen-bond donors (Lipinski definition) is 0. The van der Waals surface area contributed by atoms with Crippen LogP contribution in [-0.4, -0.2) is 0 Å². The molecule has 0 aliphatic heterocycles. The van der Waals surface area contributed by atoms with E-state index in [-0.39, 0.29) is 10.6 Å². The third-order valence-electron chi connectivity index (χ3n) is 3.53. The Morgan fingerprint density at radius 2 is 1.68 bits per heavy atom. The van der Waals surface area contributed by atoms with Crippen molar-refractivity contribution in [2.45, 2.75) is 32.0 Å². The molecule has 0 heterocycles. The molecule has 2 aromatic rings. The topological polar surface area (TPSA) is 0 Å². The van der Waals surface area contributed by atoms with Crippen molar-refractivity contribution in [1.82, 2.24) is 0 Å². The number of alkyl halides is 1. The Kier molecular flexibility index (Phi) is 4.41. The van der Waals surface area contributed by atoms with Gasteiger partial charge in [0.1, 0.15) is 5.82 Å². The lowest BCUT2D eigenvalue weighted by molar-refractivity contribution is 0.617. The molecule has 0 radical (unpaired) electrons. The van der Waals surface area contributed by atoms with Crippen LogP contribution in [0.1, 0.15) is 32.6 Å². The van der Waals surface area contributed by atoms with Gasteiger partial charge in [-0.05, 0) is 61.1 Å². The van der Waals surface area contributed by atoms with E-state index in [1.807, 2.05) is 12.1 Å². The van der Waals surface area contributed by atoms with Gasteiger partial charge in [0.05, 0.1) is 0 Å². The Morgan fingerprint density at radius 1 is 0.947 bits per heavy atom. The molecule has 0 aromatic heterocycles. The van der Waals surface area contributed by atoms with Crippen molar-refractivity contribution in [3.63, 3.8) is 0 Å². The molecule has 0 nitrogen and oxygen atoms in total. The molecule has 0 fully saturated rings. The fraction of sp³-hybridized carbons (Fsp3) is 0.294.